The molecular formula is C15H21N3O. The molecule has 102 valence electrons. The SMILES string of the molecule is CCn1ccnc1CC(N)CCOc1ccccc1. The quantitative estimate of drug-likeness (QED) is 0.829. The molecule has 1 unspecified atom stereocenters. The molecule has 0 aliphatic heterocycles. The van der Waals surface area contributed by atoms with Crippen molar-refractivity contribution in [2.24, 2.45) is 5.73 Å². The molecule has 0 saturated heterocycles. The Kier molecular flexibility index (Phi) is 4.98. The molecule has 1 heterocycles. The van der Waals surface area contributed by atoms with Gasteiger partial charge in [0.1, 0.15) is 11.6 Å². The van der Waals surface area contributed by atoms with Gasteiger partial charge in [0.15, 0.2) is 0 Å². The van der Waals surface area contributed by atoms with E-state index in [2.05, 4.69) is 16.5 Å². The molecule has 0 amide bonds. The van der Waals surface area contributed by atoms with Gasteiger partial charge < -0.3 is 15.0 Å². The Bertz CT molecular complexity index is 481. The summed E-state index contributed by atoms with van der Waals surface area (Å²) in [7, 11) is 0. The van der Waals surface area contributed by atoms with E-state index in [1.165, 1.54) is 0 Å². The van der Waals surface area contributed by atoms with Crippen molar-refractivity contribution in [2.75, 3.05) is 6.61 Å². The molecule has 0 spiro atoms. The lowest BCUT2D eigenvalue weighted by Crippen LogP contribution is -2.26. The molecule has 19 heavy (non-hydrogen) atoms. The molecule has 4 nitrogen and oxygen atoms in total. The van der Waals surface area contributed by atoms with Gasteiger partial charge in [-0.3, -0.25) is 0 Å². The number of nitrogens with zero attached hydrogens (tertiary/aromatic N) is 2. The van der Waals surface area contributed by atoms with Crippen molar-refractivity contribution < 1.29 is 4.74 Å². The van der Waals surface area contributed by atoms with Gasteiger partial charge in [-0.2, -0.15) is 0 Å². The van der Waals surface area contributed by atoms with Gasteiger partial charge in [0, 0.05) is 31.4 Å². The highest BCUT2D eigenvalue weighted by atomic mass is 16.5. The minimum Gasteiger partial charge on any atom is -0.494 e. The lowest BCUT2D eigenvalue weighted by atomic mass is 10.1. The fourth-order valence-electron chi connectivity index (χ4n) is 2.00. The zero-order valence-corrected chi connectivity index (χ0v) is 11.3. The Morgan fingerprint density at radius 2 is 2.11 bits per heavy atom. The van der Waals surface area contributed by atoms with Crippen molar-refractivity contribution in [1.29, 1.82) is 0 Å². The Morgan fingerprint density at radius 1 is 1.32 bits per heavy atom. The van der Waals surface area contributed by atoms with E-state index in [1.54, 1.807) is 0 Å². The number of hydrogen-bond donors (Lipinski definition) is 1. The average molecular weight is 259 g/mol. The predicted octanol–water partition coefficient (Wildman–Crippen LogP) is 2.24. The van der Waals surface area contributed by atoms with Crippen molar-refractivity contribution in [3.8, 4) is 5.75 Å². The molecule has 2 aromatic rings. The minimum atomic E-state index is 0.0800. The summed E-state index contributed by atoms with van der Waals surface area (Å²) in [4.78, 5) is 4.34. The second-order valence-electron chi connectivity index (χ2n) is 4.54. The Balaban J connectivity index is 1.74. The van der Waals surface area contributed by atoms with Crippen molar-refractivity contribution in [3.05, 3.63) is 48.5 Å². The predicted molar refractivity (Wildman–Crippen MR) is 76.1 cm³/mol. The molecule has 0 fully saturated rings. The lowest BCUT2D eigenvalue weighted by molar-refractivity contribution is 0.296. The molecule has 1 aromatic carbocycles. The maximum absolute atomic E-state index is 6.12. The second kappa shape index (κ2) is 6.95. The van der Waals surface area contributed by atoms with Gasteiger partial charge in [-0.25, -0.2) is 4.98 Å². The van der Waals surface area contributed by atoms with Crippen molar-refractivity contribution in [2.45, 2.75) is 32.4 Å². The maximum Gasteiger partial charge on any atom is 0.119 e. The summed E-state index contributed by atoms with van der Waals surface area (Å²) in [6.45, 7) is 3.68. The zero-order valence-electron chi connectivity index (χ0n) is 11.3. The van der Waals surface area contributed by atoms with Gasteiger partial charge >= 0.3 is 0 Å². The molecule has 2 rings (SSSR count). The summed E-state index contributed by atoms with van der Waals surface area (Å²) >= 11 is 0. The number of aromatic nitrogens is 2. The van der Waals surface area contributed by atoms with Gasteiger partial charge in [0.2, 0.25) is 0 Å². The molecule has 0 aliphatic carbocycles. The third kappa shape index (κ3) is 4.10. The van der Waals surface area contributed by atoms with Crippen LogP contribution in [0.3, 0.4) is 0 Å². The van der Waals surface area contributed by atoms with Crippen molar-refractivity contribution in [3.63, 3.8) is 0 Å². The van der Waals surface area contributed by atoms with Crippen LogP contribution in [0.1, 0.15) is 19.2 Å². The number of ether oxygens (including phenoxy) is 1. The first-order chi connectivity index (χ1) is 9.29. The number of imidazole rings is 1. The van der Waals surface area contributed by atoms with Crippen LogP contribution < -0.4 is 10.5 Å². The first-order valence-electron chi connectivity index (χ1n) is 6.73. The van der Waals surface area contributed by atoms with Crippen molar-refractivity contribution >= 4 is 0 Å². The number of nitrogens with two attached hydrogens (primary N) is 1. The fraction of sp³-hybridized carbons (Fsp3) is 0.400. The molecule has 4 heteroatoms. The molecule has 0 aliphatic rings. The van der Waals surface area contributed by atoms with Gasteiger partial charge in [0.25, 0.3) is 0 Å². The maximum atomic E-state index is 6.12. The van der Waals surface area contributed by atoms with Crippen LogP contribution in [-0.4, -0.2) is 22.2 Å². The summed E-state index contributed by atoms with van der Waals surface area (Å²) in [6.07, 6.45) is 5.43. The highest BCUT2D eigenvalue weighted by Crippen LogP contribution is 2.09. The number of rotatable bonds is 7. The zero-order chi connectivity index (χ0) is 13.5. The largest absolute Gasteiger partial charge is 0.494 e. The van der Waals surface area contributed by atoms with E-state index in [0.717, 1.165) is 31.0 Å². The standard InChI is InChI=1S/C15H21N3O/c1-2-18-10-9-17-15(18)12-13(16)8-11-19-14-6-4-3-5-7-14/h3-7,9-10,13H,2,8,11-12,16H2,1H3. The average Bonchev–Trinajstić information content (AvgIpc) is 2.87. The van der Waals surface area contributed by atoms with Crippen molar-refractivity contribution in [1.82, 2.24) is 9.55 Å². The first kappa shape index (κ1) is 13.6. The molecule has 0 saturated carbocycles. The highest BCUT2D eigenvalue weighted by Gasteiger charge is 2.08. The Morgan fingerprint density at radius 3 is 2.84 bits per heavy atom. The summed E-state index contributed by atoms with van der Waals surface area (Å²) in [5.74, 6) is 1.94. The molecule has 1 atom stereocenters. The van der Waals surface area contributed by atoms with Gasteiger partial charge in [-0.15, -0.1) is 0 Å². The molecule has 0 radical (unpaired) electrons. The summed E-state index contributed by atoms with van der Waals surface area (Å²) < 4.78 is 7.77. The van der Waals surface area contributed by atoms with E-state index >= 15 is 0 Å². The normalized spacial score (nSPS) is 12.3. The molecule has 1 aromatic heterocycles. The van der Waals surface area contributed by atoms with E-state index in [9.17, 15) is 0 Å². The minimum absolute atomic E-state index is 0.0800. The van der Waals surface area contributed by atoms with Gasteiger partial charge in [0.05, 0.1) is 6.61 Å². The molecule has 0 bridgehead atoms. The molecular weight excluding hydrogens is 238 g/mol. The van der Waals surface area contributed by atoms with Crippen LogP contribution in [0.25, 0.3) is 0 Å². The number of benzene rings is 1. The van der Waals surface area contributed by atoms with Crippen LogP contribution in [0, 0.1) is 0 Å². The topological polar surface area (TPSA) is 53.1 Å². The highest BCUT2D eigenvalue weighted by molar-refractivity contribution is 5.20. The van der Waals surface area contributed by atoms with Crippen LogP contribution >= 0.6 is 0 Å². The molecule has 2 N–H and O–H groups in total. The van der Waals surface area contributed by atoms with Gasteiger partial charge in [-0.1, -0.05) is 18.2 Å². The monoisotopic (exact) mass is 259 g/mol. The third-order valence-corrected chi connectivity index (χ3v) is 3.09. The first-order valence-corrected chi connectivity index (χ1v) is 6.73. The van der Waals surface area contributed by atoms with E-state index < -0.39 is 0 Å². The number of hydrogen-bond acceptors (Lipinski definition) is 3. The van der Waals surface area contributed by atoms with E-state index in [0.29, 0.717) is 6.61 Å². The van der Waals surface area contributed by atoms with Gasteiger partial charge in [-0.05, 0) is 25.5 Å². The van der Waals surface area contributed by atoms with E-state index in [4.69, 9.17) is 10.5 Å². The van der Waals surface area contributed by atoms with Crippen LogP contribution in [0.4, 0.5) is 0 Å². The van der Waals surface area contributed by atoms with E-state index in [-0.39, 0.29) is 6.04 Å². The summed E-state index contributed by atoms with van der Waals surface area (Å²) in [6, 6.07) is 9.89. The number of aryl methyl sites for hydroxylation is 1. The Hall–Kier alpha value is -1.81. The van der Waals surface area contributed by atoms with E-state index in [1.807, 2.05) is 42.7 Å². The third-order valence-electron chi connectivity index (χ3n) is 3.09. The lowest BCUT2D eigenvalue weighted by Gasteiger charge is -2.13. The Labute approximate surface area is 114 Å². The van der Waals surface area contributed by atoms with Crippen LogP contribution in [0.2, 0.25) is 0 Å². The smallest absolute Gasteiger partial charge is 0.119 e. The van der Waals surface area contributed by atoms with Crippen LogP contribution in [0.15, 0.2) is 42.7 Å². The summed E-state index contributed by atoms with van der Waals surface area (Å²) in [5.41, 5.74) is 6.12. The number of para-hydroxylation sites is 1. The van der Waals surface area contributed by atoms with Crippen LogP contribution in [-0.2, 0) is 13.0 Å². The summed E-state index contributed by atoms with van der Waals surface area (Å²) in [5, 5.41) is 0. The second-order valence-corrected chi connectivity index (χ2v) is 4.54. The fourth-order valence-corrected chi connectivity index (χ4v) is 2.00. The van der Waals surface area contributed by atoms with Crippen LogP contribution in [0.5, 0.6) is 5.75 Å².